The number of H-pyrrole nitrogens is 1. The van der Waals surface area contributed by atoms with Crippen molar-refractivity contribution in [2.45, 2.75) is 39.2 Å². The Morgan fingerprint density at radius 2 is 2.17 bits per heavy atom. The molecule has 1 saturated heterocycles. The Bertz CT molecular complexity index is 546. The predicted octanol–water partition coefficient (Wildman–Crippen LogP) is 0.509. The topological polar surface area (TPSA) is 98.3 Å². The molecule has 0 spiro atoms. The maximum atomic E-state index is 12.4. The number of carbonyl (C=O) groups excluding carboxylic acids is 1. The van der Waals surface area contributed by atoms with E-state index in [9.17, 15) is 14.7 Å². The molecule has 2 rings (SSSR count). The smallest absolute Gasteiger partial charge is 0.264 e. The predicted molar refractivity (Wildman–Crippen MR) is 88.3 cm³/mol. The van der Waals surface area contributed by atoms with Crippen molar-refractivity contribution < 1.29 is 9.90 Å². The third-order valence-electron chi connectivity index (χ3n) is 4.71. The summed E-state index contributed by atoms with van der Waals surface area (Å²) in [5, 5.41) is 18.9. The Labute approximate surface area is 136 Å². The maximum Gasteiger partial charge on any atom is 0.264 e. The molecular formula is C16H26N4O3. The van der Waals surface area contributed by atoms with Crippen LogP contribution in [0.15, 0.2) is 16.9 Å². The highest BCUT2D eigenvalue weighted by atomic mass is 16.3. The highest BCUT2D eigenvalue weighted by Crippen LogP contribution is 2.21. The first-order chi connectivity index (χ1) is 11.0. The molecule has 2 heterocycles. The van der Waals surface area contributed by atoms with Crippen molar-refractivity contribution in [1.82, 2.24) is 15.5 Å². The highest BCUT2D eigenvalue weighted by Gasteiger charge is 2.28. The van der Waals surface area contributed by atoms with Gasteiger partial charge in [-0.2, -0.15) is 5.10 Å². The molecule has 0 unspecified atom stereocenters. The summed E-state index contributed by atoms with van der Waals surface area (Å²) in [5.41, 5.74) is -0.219. The van der Waals surface area contributed by atoms with Gasteiger partial charge in [0, 0.05) is 25.1 Å². The number of aliphatic hydroxyl groups is 1. The van der Waals surface area contributed by atoms with Gasteiger partial charge in [-0.1, -0.05) is 20.3 Å². The minimum absolute atomic E-state index is 0.0263. The third kappa shape index (κ3) is 4.54. The molecule has 7 nitrogen and oxygen atoms in total. The average Bonchev–Trinajstić information content (AvgIpc) is 2.59. The summed E-state index contributed by atoms with van der Waals surface area (Å²) >= 11 is 0. The molecule has 1 amide bonds. The summed E-state index contributed by atoms with van der Waals surface area (Å²) in [7, 11) is 0. The van der Waals surface area contributed by atoms with Crippen LogP contribution in [-0.2, 0) is 4.79 Å². The van der Waals surface area contributed by atoms with E-state index >= 15 is 0 Å². The number of anilines is 1. The summed E-state index contributed by atoms with van der Waals surface area (Å²) in [6.07, 6.45) is 2.40. The average molecular weight is 322 g/mol. The van der Waals surface area contributed by atoms with Gasteiger partial charge < -0.3 is 15.3 Å². The molecule has 1 fully saturated rings. The first-order valence-corrected chi connectivity index (χ1v) is 8.27. The van der Waals surface area contributed by atoms with Gasteiger partial charge in [0.25, 0.3) is 5.56 Å². The second-order valence-electron chi connectivity index (χ2n) is 6.22. The number of rotatable bonds is 6. The molecule has 0 aliphatic carbocycles. The zero-order valence-electron chi connectivity index (χ0n) is 13.8. The number of hydrogen-bond donors (Lipinski definition) is 3. The van der Waals surface area contributed by atoms with Crippen molar-refractivity contribution in [3.63, 3.8) is 0 Å². The van der Waals surface area contributed by atoms with Crippen molar-refractivity contribution in [3.8, 4) is 0 Å². The molecule has 3 N–H and O–H groups in total. The molecule has 1 aromatic heterocycles. The van der Waals surface area contributed by atoms with E-state index in [4.69, 9.17) is 0 Å². The fourth-order valence-electron chi connectivity index (χ4n) is 2.84. The molecule has 23 heavy (non-hydrogen) atoms. The van der Waals surface area contributed by atoms with Gasteiger partial charge in [-0.25, -0.2) is 5.10 Å². The van der Waals surface area contributed by atoms with Crippen molar-refractivity contribution in [2.75, 3.05) is 24.6 Å². The Hall–Kier alpha value is -1.89. The second-order valence-corrected chi connectivity index (χ2v) is 6.22. The second kappa shape index (κ2) is 8.10. The Balaban J connectivity index is 1.87. The largest absolute Gasteiger partial charge is 0.394 e. The molecule has 0 radical (unpaired) electrons. The summed E-state index contributed by atoms with van der Waals surface area (Å²) in [4.78, 5) is 25.5. The third-order valence-corrected chi connectivity index (χ3v) is 4.71. The number of hydrogen-bond acceptors (Lipinski definition) is 5. The molecule has 1 aliphatic rings. The number of piperidine rings is 1. The first kappa shape index (κ1) is 17.5. The number of carbonyl (C=O) groups is 1. The van der Waals surface area contributed by atoms with Gasteiger partial charge >= 0.3 is 0 Å². The van der Waals surface area contributed by atoms with E-state index < -0.39 is 0 Å². The van der Waals surface area contributed by atoms with Crippen LogP contribution in [0.3, 0.4) is 0 Å². The first-order valence-electron chi connectivity index (χ1n) is 8.27. The Kier molecular flexibility index (Phi) is 6.15. The fourth-order valence-corrected chi connectivity index (χ4v) is 2.84. The molecule has 0 saturated carbocycles. The van der Waals surface area contributed by atoms with Crippen LogP contribution in [-0.4, -0.2) is 46.9 Å². The molecule has 1 aromatic rings. The van der Waals surface area contributed by atoms with Gasteiger partial charge in [0.05, 0.1) is 12.6 Å². The van der Waals surface area contributed by atoms with Crippen LogP contribution in [0, 0.1) is 11.8 Å². The van der Waals surface area contributed by atoms with Crippen molar-refractivity contribution >= 4 is 11.7 Å². The van der Waals surface area contributed by atoms with E-state index in [1.165, 1.54) is 6.07 Å². The lowest BCUT2D eigenvalue weighted by atomic mass is 9.94. The van der Waals surface area contributed by atoms with Crippen LogP contribution >= 0.6 is 0 Å². The molecule has 7 heteroatoms. The summed E-state index contributed by atoms with van der Waals surface area (Å²) in [6.45, 7) is 5.51. The van der Waals surface area contributed by atoms with Crippen molar-refractivity contribution in [2.24, 2.45) is 11.8 Å². The summed E-state index contributed by atoms with van der Waals surface area (Å²) < 4.78 is 0. The lowest BCUT2D eigenvalue weighted by Crippen LogP contribution is -2.47. The van der Waals surface area contributed by atoms with Gasteiger partial charge in [0.1, 0.15) is 5.82 Å². The quantitative estimate of drug-likeness (QED) is 0.709. The van der Waals surface area contributed by atoms with E-state index in [-0.39, 0.29) is 36.0 Å². The number of aliphatic hydroxyl groups excluding tert-OH is 1. The van der Waals surface area contributed by atoms with Gasteiger partial charge in [0.15, 0.2) is 0 Å². The van der Waals surface area contributed by atoms with Crippen molar-refractivity contribution in [1.29, 1.82) is 0 Å². The number of nitrogens with zero attached hydrogens (tertiary/aromatic N) is 2. The van der Waals surface area contributed by atoms with Gasteiger partial charge in [-0.3, -0.25) is 9.59 Å². The van der Waals surface area contributed by atoms with Gasteiger partial charge in [0.2, 0.25) is 5.91 Å². The van der Waals surface area contributed by atoms with Crippen LogP contribution in [0.2, 0.25) is 0 Å². The van der Waals surface area contributed by atoms with Crippen LogP contribution < -0.4 is 15.8 Å². The standard InChI is InChI=1S/C16H26N4O3/c1-3-11(2)13(10-21)17-16(23)12-6-8-20(9-7-12)14-4-5-15(22)19-18-14/h4-5,11-13,21H,3,6-10H2,1-2H3,(H,17,23)(H,19,22)/t11-,13-/m0/s1. The van der Waals surface area contributed by atoms with E-state index in [1.54, 1.807) is 6.07 Å². The van der Waals surface area contributed by atoms with E-state index in [1.807, 2.05) is 6.92 Å². The molecule has 0 aromatic carbocycles. The van der Waals surface area contributed by atoms with E-state index in [0.29, 0.717) is 0 Å². The number of aromatic nitrogens is 2. The van der Waals surface area contributed by atoms with E-state index in [0.717, 1.165) is 38.2 Å². The lowest BCUT2D eigenvalue weighted by Gasteiger charge is -2.33. The number of amides is 1. The zero-order chi connectivity index (χ0) is 16.8. The lowest BCUT2D eigenvalue weighted by molar-refractivity contribution is -0.127. The van der Waals surface area contributed by atoms with Gasteiger partial charge in [-0.15, -0.1) is 0 Å². The molecular weight excluding hydrogens is 296 g/mol. The number of nitrogens with one attached hydrogen (secondary N) is 2. The fraction of sp³-hybridized carbons (Fsp3) is 0.688. The van der Waals surface area contributed by atoms with Crippen LogP contribution in [0.25, 0.3) is 0 Å². The maximum absolute atomic E-state index is 12.4. The van der Waals surface area contributed by atoms with E-state index in [2.05, 4.69) is 27.3 Å². The molecule has 1 aliphatic heterocycles. The van der Waals surface area contributed by atoms with Crippen LogP contribution in [0.5, 0.6) is 0 Å². The van der Waals surface area contributed by atoms with Crippen LogP contribution in [0.1, 0.15) is 33.1 Å². The highest BCUT2D eigenvalue weighted by molar-refractivity contribution is 5.79. The van der Waals surface area contributed by atoms with Crippen molar-refractivity contribution in [3.05, 3.63) is 22.5 Å². The molecule has 128 valence electrons. The monoisotopic (exact) mass is 322 g/mol. The Morgan fingerprint density at radius 3 is 2.70 bits per heavy atom. The zero-order valence-corrected chi connectivity index (χ0v) is 13.8. The minimum atomic E-state index is -0.219. The molecule has 0 bridgehead atoms. The normalized spacial score (nSPS) is 18.5. The van der Waals surface area contributed by atoms with Crippen LogP contribution in [0.4, 0.5) is 5.82 Å². The summed E-state index contributed by atoms with van der Waals surface area (Å²) in [5.74, 6) is 0.983. The molecule has 2 atom stereocenters. The minimum Gasteiger partial charge on any atom is -0.394 e. The summed E-state index contributed by atoms with van der Waals surface area (Å²) in [6, 6.07) is 2.98. The Morgan fingerprint density at radius 1 is 1.48 bits per heavy atom. The SMILES string of the molecule is CC[C@H](C)[C@H](CO)NC(=O)C1CCN(c2ccc(=O)[nH]n2)CC1. The van der Waals surface area contributed by atoms with Gasteiger partial charge in [-0.05, 0) is 24.8 Å². The number of aromatic amines is 1.